The van der Waals surface area contributed by atoms with Gasteiger partial charge in [0.05, 0.1) is 5.92 Å². The number of hydrogen-bond donors (Lipinski definition) is 1. The Bertz CT molecular complexity index is 579. The molecule has 1 aromatic carbocycles. The maximum Gasteiger partial charge on any atom is 0.231 e. The van der Waals surface area contributed by atoms with Crippen LogP contribution in [-0.4, -0.2) is 22.7 Å². The largest absolute Gasteiger partial charge is 0.339 e. The molecule has 1 fully saturated rings. The molecule has 1 saturated heterocycles. The second-order valence-corrected chi connectivity index (χ2v) is 5.63. The molecule has 0 radical (unpaired) electrons. The van der Waals surface area contributed by atoms with E-state index in [1.54, 1.807) is 18.2 Å². The highest BCUT2D eigenvalue weighted by molar-refractivity contribution is 6.35. The van der Waals surface area contributed by atoms with Gasteiger partial charge in [0.15, 0.2) is 0 Å². The van der Waals surface area contributed by atoms with Gasteiger partial charge in [0, 0.05) is 21.7 Å². The molecule has 1 N–H and O–H groups in total. The number of aromatic nitrogens is 2. The van der Waals surface area contributed by atoms with Crippen LogP contribution in [0, 0.1) is 0 Å². The van der Waals surface area contributed by atoms with Gasteiger partial charge in [-0.15, -0.1) is 0 Å². The Morgan fingerprint density at radius 2 is 2.00 bits per heavy atom. The Morgan fingerprint density at radius 3 is 2.63 bits per heavy atom. The van der Waals surface area contributed by atoms with Gasteiger partial charge in [0.2, 0.25) is 11.7 Å². The number of nitrogens with zero attached hydrogens (tertiary/aromatic N) is 2. The fraction of sp³-hybridized carbons (Fsp3) is 0.385. The zero-order valence-electron chi connectivity index (χ0n) is 10.4. The summed E-state index contributed by atoms with van der Waals surface area (Å²) >= 11 is 12.0. The minimum absolute atomic E-state index is 0.274. The molecule has 2 aromatic rings. The van der Waals surface area contributed by atoms with Crippen molar-refractivity contribution in [3.63, 3.8) is 0 Å². The molecule has 2 atom stereocenters. The van der Waals surface area contributed by atoms with E-state index in [1.807, 2.05) is 0 Å². The van der Waals surface area contributed by atoms with Crippen LogP contribution in [0.1, 0.15) is 25.2 Å². The molecule has 3 rings (SSSR count). The molecule has 0 amide bonds. The fourth-order valence-corrected chi connectivity index (χ4v) is 2.91. The molecule has 2 heterocycles. The van der Waals surface area contributed by atoms with Crippen LogP contribution in [0.25, 0.3) is 11.4 Å². The van der Waals surface area contributed by atoms with Gasteiger partial charge in [-0.1, -0.05) is 28.4 Å². The van der Waals surface area contributed by atoms with Crippen LogP contribution in [0.4, 0.5) is 0 Å². The first-order valence-corrected chi connectivity index (χ1v) is 6.92. The van der Waals surface area contributed by atoms with Crippen molar-refractivity contribution in [3.05, 3.63) is 34.1 Å². The Balaban J connectivity index is 1.92. The SMILES string of the molecule is CC1NCCC1c1nc(-c2cc(Cl)cc(Cl)c2)no1. The van der Waals surface area contributed by atoms with Gasteiger partial charge in [0.25, 0.3) is 0 Å². The van der Waals surface area contributed by atoms with E-state index >= 15 is 0 Å². The average Bonchev–Trinajstić information content (AvgIpc) is 2.95. The summed E-state index contributed by atoms with van der Waals surface area (Å²) < 4.78 is 5.37. The normalized spacial score (nSPS) is 22.9. The predicted molar refractivity (Wildman–Crippen MR) is 74.6 cm³/mol. The molecule has 1 aliphatic rings. The van der Waals surface area contributed by atoms with Crippen molar-refractivity contribution in [1.82, 2.24) is 15.5 Å². The van der Waals surface area contributed by atoms with E-state index in [-0.39, 0.29) is 5.92 Å². The maximum atomic E-state index is 5.98. The molecule has 1 aliphatic heterocycles. The molecule has 19 heavy (non-hydrogen) atoms. The monoisotopic (exact) mass is 297 g/mol. The first kappa shape index (κ1) is 12.9. The quantitative estimate of drug-likeness (QED) is 0.921. The van der Waals surface area contributed by atoms with Crippen LogP contribution in [0.15, 0.2) is 22.7 Å². The number of rotatable bonds is 2. The zero-order chi connectivity index (χ0) is 13.4. The predicted octanol–water partition coefficient (Wildman–Crippen LogP) is 3.51. The molecule has 0 bridgehead atoms. The minimum atomic E-state index is 0.274. The van der Waals surface area contributed by atoms with Gasteiger partial charge >= 0.3 is 0 Å². The van der Waals surface area contributed by atoms with E-state index in [2.05, 4.69) is 22.4 Å². The lowest BCUT2D eigenvalue weighted by Crippen LogP contribution is -2.21. The number of halogens is 2. The molecule has 0 saturated carbocycles. The van der Waals surface area contributed by atoms with Gasteiger partial charge in [-0.25, -0.2) is 0 Å². The van der Waals surface area contributed by atoms with Crippen molar-refractivity contribution >= 4 is 23.2 Å². The zero-order valence-corrected chi connectivity index (χ0v) is 11.9. The van der Waals surface area contributed by atoms with Crippen molar-refractivity contribution in [1.29, 1.82) is 0 Å². The topological polar surface area (TPSA) is 51.0 Å². The molecule has 0 spiro atoms. The van der Waals surface area contributed by atoms with Gasteiger partial charge in [-0.2, -0.15) is 4.98 Å². The molecular formula is C13H13Cl2N3O. The molecule has 4 nitrogen and oxygen atoms in total. The summed E-state index contributed by atoms with van der Waals surface area (Å²) in [6.07, 6.45) is 1.01. The van der Waals surface area contributed by atoms with Crippen molar-refractivity contribution < 1.29 is 4.52 Å². The van der Waals surface area contributed by atoms with Gasteiger partial charge in [0.1, 0.15) is 0 Å². The standard InChI is InChI=1S/C13H13Cl2N3O/c1-7-11(2-3-16-7)13-17-12(18-19-13)8-4-9(14)6-10(15)5-8/h4-7,11,16H,2-3H2,1H3. The van der Waals surface area contributed by atoms with Crippen LogP contribution in [0.5, 0.6) is 0 Å². The summed E-state index contributed by atoms with van der Waals surface area (Å²) in [5.41, 5.74) is 0.770. The Kier molecular flexibility index (Phi) is 3.48. The second kappa shape index (κ2) is 5.12. The molecule has 1 aromatic heterocycles. The highest BCUT2D eigenvalue weighted by Crippen LogP contribution is 2.29. The van der Waals surface area contributed by atoms with Crippen molar-refractivity contribution in [2.24, 2.45) is 0 Å². The third-order valence-corrected chi connectivity index (χ3v) is 3.84. The smallest absolute Gasteiger partial charge is 0.231 e. The van der Waals surface area contributed by atoms with E-state index in [0.717, 1.165) is 18.5 Å². The lowest BCUT2D eigenvalue weighted by Gasteiger charge is -2.08. The van der Waals surface area contributed by atoms with Crippen LogP contribution in [0.3, 0.4) is 0 Å². The van der Waals surface area contributed by atoms with Crippen molar-refractivity contribution in [3.8, 4) is 11.4 Å². The third-order valence-electron chi connectivity index (χ3n) is 3.40. The van der Waals surface area contributed by atoms with Gasteiger partial charge in [-0.3, -0.25) is 0 Å². The lowest BCUT2D eigenvalue weighted by molar-refractivity contribution is 0.345. The first-order chi connectivity index (χ1) is 9.13. The number of nitrogens with one attached hydrogen (secondary N) is 1. The van der Waals surface area contributed by atoms with Crippen LogP contribution < -0.4 is 5.32 Å². The van der Waals surface area contributed by atoms with Crippen LogP contribution in [0.2, 0.25) is 10.0 Å². The summed E-state index contributed by atoms with van der Waals surface area (Å²) in [4.78, 5) is 4.46. The highest BCUT2D eigenvalue weighted by atomic mass is 35.5. The summed E-state index contributed by atoms with van der Waals surface area (Å²) in [6, 6.07) is 5.59. The van der Waals surface area contributed by atoms with Crippen molar-refractivity contribution in [2.45, 2.75) is 25.3 Å². The molecular weight excluding hydrogens is 285 g/mol. The maximum absolute atomic E-state index is 5.98. The molecule has 100 valence electrons. The Hall–Kier alpha value is -1.10. The number of benzene rings is 1. The van der Waals surface area contributed by atoms with Crippen molar-refractivity contribution in [2.75, 3.05) is 6.54 Å². The minimum Gasteiger partial charge on any atom is -0.339 e. The second-order valence-electron chi connectivity index (χ2n) is 4.75. The first-order valence-electron chi connectivity index (χ1n) is 6.17. The summed E-state index contributed by atoms with van der Waals surface area (Å²) in [5, 5.41) is 8.50. The Morgan fingerprint density at radius 1 is 1.26 bits per heavy atom. The highest BCUT2D eigenvalue weighted by Gasteiger charge is 2.29. The fourth-order valence-electron chi connectivity index (χ4n) is 2.38. The van der Waals surface area contributed by atoms with Crippen LogP contribution >= 0.6 is 23.2 Å². The summed E-state index contributed by atoms with van der Waals surface area (Å²) in [7, 11) is 0. The third kappa shape index (κ3) is 2.61. The van der Waals surface area contributed by atoms with E-state index < -0.39 is 0 Å². The molecule has 2 unspecified atom stereocenters. The van der Waals surface area contributed by atoms with Crippen LogP contribution in [-0.2, 0) is 0 Å². The number of hydrogen-bond acceptors (Lipinski definition) is 4. The molecule has 0 aliphatic carbocycles. The molecule has 6 heteroatoms. The van der Waals surface area contributed by atoms with E-state index in [4.69, 9.17) is 27.7 Å². The van der Waals surface area contributed by atoms with E-state index in [9.17, 15) is 0 Å². The lowest BCUT2D eigenvalue weighted by atomic mass is 10.0. The van der Waals surface area contributed by atoms with E-state index in [0.29, 0.717) is 27.8 Å². The van der Waals surface area contributed by atoms with Gasteiger partial charge < -0.3 is 9.84 Å². The Labute approximate surface area is 121 Å². The average molecular weight is 298 g/mol. The van der Waals surface area contributed by atoms with Gasteiger partial charge in [-0.05, 0) is 38.1 Å². The summed E-state index contributed by atoms with van der Waals surface area (Å²) in [5.74, 6) is 1.47. The van der Waals surface area contributed by atoms with E-state index in [1.165, 1.54) is 0 Å². The summed E-state index contributed by atoms with van der Waals surface area (Å²) in [6.45, 7) is 3.10.